The topological polar surface area (TPSA) is 64.8 Å². The molecule has 1 fully saturated rings. The van der Waals surface area contributed by atoms with Crippen LogP contribution in [0.4, 0.5) is 10.7 Å². The van der Waals surface area contributed by atoms with Gasteiger partial charge >= 0.3 is 0 Å². The zero-order valence-corrected chi connectivity index (χ0v) is 12.4. The molecule has 1 aromatic heterocycles. The summed E-state index contributed by atoms with van der Waals surface area (Å²) in [7, 11) is 1.59. The Morgan fingerprint density at radius 2 is 2.37 bits per heavy atom. The van der Waals surface area contributed by atoms with Crippen molar-refractivity contribution in [3.8, 4) is 5.75 Å². The van der Waals surface area contributed by atoms with E-state index < -0.39 is 0 Å². The van der Waals surface area contributed by atoms with Crippen LogP contribution in [0.3, 0.4) is 0 Å². The predicted octanol–water partition coefficient (Wildman–Crippen LogP) is 2.16. The van der Waals surface area contributed by atoms with Gasteiger partial charge in [0.2, 0.25) is 0 Å². The van der Waals surface area contributed by atoms with Gasteiger partial charge in [-0.05, 0) is 6.92 Å². The lowest BCUT2D eigenvalue weighted by molar-refractivity contribution is 0.0533. The van der Waals surface area contributed by atoms with E-state index in [1.54, 1.807) is 7.11 Å². The van der Waals surface area contributed by atoms with Crippen molar-refractivity contribution in [3.05, 3.63) is 4.88 Å². The molecular formula is C13H20N2O3S. The van der Waals surface area contributed by atoms with E-state index >= 15 is 0 Å². The largest absolute Gasteiger partial charge is 0.492 e. The number of carbonyl (C=O) groups excluding carboxylic acids is 1. The van der Waals surface area contributed by atoms with Crippen molar-refractivity contribution >= 4 is 27.8 Å². The molecule has 106 valence electrons. The zero-order chi connectivity index (χ0) is 14.0. The maximum atomic E-state index is 11.9. The second-order valence-corrected chi connectivity index (χ2v) is 5.59. The van der Waals surface area contributed by atoms with Crippen molar-refractivity contribution in [2.75, 3.05) is 37.4 Å². The molecule has 0 radical (unpaired) electrons. The van der Waals surface area contributed by atoms with Crippen LogP contribution < -0.4 is 15.4 Å². The van der Waals surface area contributed by atoms with Gasteiger partial charge in [0.1, 0.15) is 5.00 Å². The molecular weight excluding hydrogens is 264 g/mol. The summed E-state index contributed by atoms with van der Waals surface area (Å²) in [5.41, 5.74) is 6.51. The van der Waals surface area contributed by atoms with Crippen LogP contribution in [-0.4, -0.2) is 38.7 Å². The van der Waals surface area contributed by atoms with E-state index in [9.17, 15) is 4.79 Å². The fourth-order valence-corrected chi connectivity index (χ4v) is 3.43. The molecule has 0 aromatic carbocycles. The van der Waals surface area contributed by atoms with E-state index in [0.29, 0.717) is 29.3 Å². The highest BCUT2D eigenvalue weighted by atomic mass is 32.1. The fraction of sp³-hybridized carbons (Fsp3) is 0.615. The van der Waals surface area contributed by atoms with Crippen molar-refractivity contribution < 1.29 is 14.3 Å². The lowest BCUT2D eigenvalue weighted by atomic mass is 10.2. The summed E-state index contributed by atoms with van der Waals surface area (Å²) in [6.07, 6.45) is 0.624. The van der Waals surface area contributed by atoms with Crippen molar-refractivity contribution in [1.29, 1.82) is 0 Å². The smallest absolute Gasteiger partial charge is 0.177 e. The maximum absolute atomic E-state index is 11.9. The van der Waals surface area contributed by atoms with Crippen LogP contribution in [-0.2, 0) is 4.74 Å². The molecule has 0 bridgehead atoms. The monoisotopic (exact) mass is 284 g/mol. The van der Waals surface area contributed by atoms with Gasteiger partial charge < -0.3 is 20.1 Å². The van der Waals surface area contributed by atoms with E-state index in [4.69, 9.17) is 15.2 Å². The summed E-state index contributed by atoms with van der Waals surface area (Å²) in [6.45, 7) is 6.13. The second kappa shape index (κ2) is 5.79. The normalized spacial score (nSPS) is 19.5. The van der Waals surface area contributed by atoms with Gasteiger partial charge in [-0.25, -0.2) is 0 Å². The number of methoxy groups -OCH3 is 1. The molecule has 1 aliphatic rings. The van der Waals surface area contributed by atoms with Gasteiger partial charge in [-0.15, -0.1) is 11.3 Å². The predicted molar refractivity (Wildman–Crippen MR) is 77.5 cm³/mol. The highest BCUT2D eigenvalue weighted by Crippen LogP contribution is 2.45. The van der Waals surface area contributed by atoms with Gasteiger partial charge in [-0.3, -0.25) is 4.79 Å². The van der Waals surface area contributed by atoms with E-state index in [-0.39, 0.29) is 11.9 Å². The lowest BCUT2D eigenvalue weighted by Gasteiger charge is -2.32. The SMILES string of the molecule is CCC(=O)c1sc(N2CCOC(C)C2)c(OC)c1N. The van der Waals surface area contributed by atoms with Gasteiger partial charge in [-0.1, -0.05) is 6.92 Å². The summed E-state index contributed by atoms with van der Waals surface area (Å²) in [6, 6.07) is 0. The molecule has 2 heterocycles. The second-order valence-electron chi connectivity index (χ2n) is 4.59. The number of anilines is 2. The minimum absolute atomic E-state index is 0.0633. The third-order valence-corrected chi connectivity index (χ3v) is 4.48. The summed E-state index contributed by atoms with van der Waals surface area (Å²) < 4.78 is 10.9. The summed E-state index contributed by atoms with van der Waals surface area (Å²) in [5, 5.41) is 0.937. The van der Waals surface area contributed by atoms with Gasteiger partial charge in [0, 0.05) is 19.5 Å². The van der Waals surface area contributed by atoms with E-state index in [0.717, 1.165) is 18.1 Å². The number of hydrogen-bond acceptors (Lipinski definition) is 6. The third-order valence-electron chi connectivity index (χ3n) is 3.19. The minimum atomic E-state index is 0.0633. The fourth-order valence-electron chi connectivity index (χ4n) is 2.19. The van der Waals surface area contributed by atoms with Gasteiger partial charge in [0.15, 0.2) is 11.5 Å². The Labute approximate surface area is 117 Å². The Kier molecular flexibility index (Phi) is 4.31. The number of ketones is 1. The number of nitrogens with two attached hydrogens (primary N) is 1. The van der Waals surface area contributed by atoms with Crippen LogP contribution in [0.15, 0.2) is 0 Å². The molecule has 1 atom stereocenters. The first-order chi connectivity index (χ1) is 9.08. The Morgan fingerprint density at radius 3 is 2.95 bits per heavy atom. The number of ether oxygens (including phenoxy) is 2. The van der Waals surface area contributed by atoms with Crippen LogP contribution in [0, 0.1) is 0 Å². The molecule has 0 aliphatic carbocycles. The Hall–Kier alpha value is -1.27. The number of morpholine rings is 1. The highest BCUT2D eigenvalue weighted by Gasteiger charge is 2.27. The number of Topliss-reactive ketones (excluding diaryl/α,β-unsaturated/α-hetero) is 1. The van der Waals surface area contributed by atoms with Gasteiger partial charge in [0.05, 0.1) is 30.4 Å². The molecule has 19 heavy (non-hydrogen) atoms. The van der Waals surface area contributed by atoms with Crippen LogP contribution >= 0.6 is 11.3 Å². The minimum Gasteiger partial charge on any atom is -0.492 e. The van der Waals surface area contributed by atoms with Crippen LogP contribution in [0.25, 0.3) is 0 Å². The van der Waals surface area contributed by atoms with Crippen molar-refractivity contribution in [3.63, 3.8) is 0 Å². The number of rotatable bonds is 4. The number of hydrogen-bond donors (Lipinski definition) is 1. The molecule has 1 saturated heterocycles. The average molecular weight is 284 g/mol. The van der Waals surface area contributed by atoms with Crippen LogP contribution in [0.1, 0.15) is 29.9 Å². The van der Waals surface area contributed by atoms with Gasteiger partial charge in [0.25, 0.3) is 0 Å². The molecule has 5 nitrogen and oxygen atoms in total. The average Bonchev–Trinajstić information content (AvgIpc) is 2.75. The van der Waals surface area contributed by atoms with Crippen molar-refractivity contribution in [2.24, 2.45) is 0 Å². The number of nitrogen functional groups attached to an aromatic ring is 1. The highest BCUT2D eigenvalue weighted by molar-refractivity contribution is 7.19. The quantitative estimate of drug-likeness (QED) is 0.858. The molecule has 1 aromatic rings. The number of thiophene rings is 1. The molecule has 6 heteroatoms. The van der Waals surface area contributed by atoms with Crippen LogP contribution in [0.2, 0.25) is 0 Å². The molecule has 1 aliphatic heterocycles. The molecule has 2 N–H and O–H groups in total. The first kappa shape index (κ1) is 14.1. The van der Waals surface area contributed by atoms with Crippen molar-refractivity contribution in [1.82, 2.24) is 0 Å². The molecule has 0 saturated carbocycles. The first-order valence-corrected chi connectivity index (χ1v) is 7.26. The Balaban J connectivity index is 2.36. The van der Waals surface area contributed by atoms with Gasteiger partial charge in [-0.2, -0.15) is 0 Å². The standard InChI is InChI=1S/C13H20N2O3S/c1-4-9(16)12-10(14)11(17-3)13(19-12)15-5-6-18-8(2)7-15/h8H,4-7,14H2,1-3H3. The third kappa shape index (κ3) is 2.69. The Morgan fingerprint density at radius 1 is 1.63 bits per heavy atom. The van der Waals surface area contributed by atoms with Crippen LogP contribution in [0.5, 0.6) is 5.75 Å². The van der Waals surface area contributed by atoms with E-state index in [1.807, 2.05) is 13.8 Å². The first-order valence-electron chi connectivity index (χ1n) is 6.44. The van der Waals surface area contributed by atoms with E-state index in [2.05, 4.69) is 4.90 Å². The molecule has 0 spiro atoms. The number of nitrogens with zero attached hydrogens (tertiary/aromatic N) is 1. The van der Waals surface area contributed by atoms with E-state index in [1.165, 1.54) is 11.3 Å². The molecule has 1 unspecified atom stereocenters. The van der Waals surface area contributed by atoms with Crippen molar-refractivity contribution in [2.45, 2.75) is 26.4 Å². The maximum Gasteiger partial charge on any atom is 0.177 e. The molecule has 0 amide bonds. The Bertz CT molecular complexity index is 473. The summed E-state index contributed by atoms with van der Waals surface area (Å²) >= 11 is 1.42. The zero-order valence-electron chi connectivity index (χ0n) is 11.6. The number of carbonyl (C=O) groups is 1. The lowest BCUT2D eigenvalue weighted by Crippen LogP contribution is -2.40. The molecule has 2 rings (SSSR count). The summed E-state index contributed by atoms with van der Waals surface area (Å²) in [4.78, 5) is 14.7. The summed E-state index contributed by atoms with van der Waals surface area (Å²) in [5.74, 6) is 0.684.